The van der Waals surface area contributed by atoms with Gasteiger partial charge in [0.1, 0.15) is 17.8 Å². The molecule has 0 aliphatic rings. The van der Waals surface area contributed by atoms with Crippen LogP contribution >= 0.6 is 0 Å². The molecule has 27 heavy (non-hydrogen) atoms. The van der Waals surface area contributed by atoms with Gasteiger partial charge in [0.15, 0.2) is 5.82 Å². The molecule has 1 N–H and O–H groups in total. The molecule has 0 unspecified atom stereocenters. The third kappa shape index (κ3) is 4.18. The Kier molecular flexibility index (Phi) is 5.27. The Morgan fingerprint density at radius 2 is 1.81 bits per heavy atom. The largest absolute Gasteiger partial charge is 0.341 e. The molecular weight excluding hydrogens is 342 g/mol. The normalized spacial score (nSPS) is 11.8. The van der Waals surface area contributed by atoms with E-state index in [-0.39, 0.29) is 17.9 Å². The molecule has 2 heterocycles. The van der Waals surface area contributed by atoms with Crippen molar-refractivity contribution in [1.29, 1.82) is 5.26 Å². The van der Waals surface area contributed by atoms with Crippen molar-refractivity contribution in [2.45, 2.75) is 32.7 Å². The predicted octanol–water partition coefficient (Wildman–Crippen LogP) is 3.62. The molecule has 1 atom stereocenters. The van der Waals surface area contributed by atoms with E-state index in [0.29, 0.717) is 23.0 Å². The maximum Gasteiger partial charge on any atom is 0.251 e. The van der Waals surface area contributed by atoms with Gasteiger partial charge in [-0.05, 0) is 36.8 Å². The Balaban J connectivity index is 1.68. The number of hydrogen-bond acceptors (Lipinski definition) is 6. The second-order valence-corrected chi connectivity index (χ2v) is 6.46. The Hall–Kier alpha value is -3.53. The lowest BCUT2D eigenvalue weighted by Crippen LogP contribution is -2.26. The number of carbonyl (C=O) groups excluding carboxylic acids is 1. The summed E-state index contributed by atoms with van der Waals surface area (Å²) >= 11 is 0. The minimum absolute atomic E-state index is 0.162. The topological polar surface area (TPSA) is 105 Å². The zero-order valence-corrected chi connectivity index (χ0v) is 15.3. The maximum atomic E-state index is 12.5. The van der Waals surface area contributed by atoms with Gasteiger partial charge < -0.3 is 9.84 Å². The van der Waals surface area contributed by atoms with Gasteiger partial charge in [-0.3, -0.25) is 4.79 Å². The molecule has 0 bridgehead atoms. The lowest BCUT2D eigenvalue weighted by molar-refractivity contribution is 0.0932. The first-order valence-electron chi connectivity index (χ1n) is 8.59. The third-order valence-electron chi connectivity index (χ3n) is 4.05. The van der Waals surface area contributed by atoms with Gasteiger partial charge in [0.2, 0.25) is 5.89 Å². The fourth-order valence-corrected chi connectivity index (χ4v) is 2.44. The lowest BCUT2D eigenvalue weighted by atomic mass is 10.0. The van der Waals surface area contributed by atoms with Crippen molar-refractivity contribution >= 4 is 5.91 Å². The Bertz CT molecular complexity index is 969. The van der Waals surface area contributed by atoms with Crippen LogP contribution in [0.3, 0.4) is 0 Å². The Morgan fingerprint density at radius 1 is 1.11 bits per heavy atom. The zero-order chi connectivity index (χ0) is 19.4. The van der Waals surface area contributed by atoms with Crippen molar-refractivity contribution in [2.75, 3.05) is 0 Å². The highest BCUT2D eigenvalue weighted by Crippen LogP contribution is 2.20. The first kappa shape index (κ1) is 18.3. The molecule has 7 nitrogen and oxygen atoms in total. The quantitative estimate of drug-likeness (QED) is 0.744. The summed E-state index contributed by atoms with van der Waals surface area (Å²) in [5.74, 6) is 0.935. The molecule has 3 aromatic rings. The fraction of sp³-hybridized carbons (Fsp3) is 0.250. The highest BCUT2D eigenvalue weighted by molar-refractivity contribution is 5.94. The highest BCUT2D eigenvalue weighted by atomic mass is 16.5. The molecule has 0 fully saturated rings. The highest BCUT2D eigenvalue weighted by Gasteiger charge is 2.18. The van der Waals surface area contributed by atoms with E-state index in [9.17, 15) is 4.79 Å². The van der Waals surface area contributed by atoms with Crippen molar-refractivity contribution in [2.24, 2.45) is 0 Å². The van der Waals surface area contributed by atoms with Crippen LogP contribution in [0.4, 0.5) is 0 Å². The smallest absolute Gasteiger partial charge is 0.251 e. The molecule has 0 spiro atoms. The van der Waals surface area contributed by atoms with Crippen LogP contribution in [0.2, 0.25) is 0 Å². The standard InChI is InChI=1S/C20H19N5O2/c1-12(2)18-24-20(27-25-18)13(3)23-19(26)15-6-4-14(5-7-15)16-8-9-17(10-21)22-11-16/h4-9,11-13H,1-3H3,(H,23,26)/t13-/m0/s1. The van der Waals surface area contributed by atoms with Gasteiger partial charge in [0, 0.05) is 23.2 Å². The summed E-state index contributed by atoms with van der Waals surface area (Å²) in [7, 11) is 0. The number of nitrogens with one attached hydrogen (secondary N) is 1. The molecule has 0 aliphatic carbocycles. The van der Waals surface area contributed by atoms with Crippen LogP contribution in [0.1, 0.15) is 60.5 Å². The van der Waals surface area contributed by atoms with Crippen LogP contribution in [0.15, 0.2) is 47.1 Å². The molecule has 0 saturated heterocycles. The van der Waals surface area contributed by atoms with Gasteiger partial charge in [-0.15, -0.1) is 0 Å². The van der Waals surface area contributed by atoms with Gasteiger partial charge in [0.25, 0.3) is 5.91 Å². The van der Waals surface area contributed by atoms with E-state index in [1.54, 1.807) is 31.3 Å². The lowest BCUT2D eigenvalue weighted by Gasteiger charge is -2.10. The van der Waals surface area contributed by atoms with Gasteiger partial charge in [-0.25, -0.2) is 4.98 Å². The van der Waals surface area contributed by atoms with Gasteiger partial charge in [-0.2, -0.15) is 10.2 Å². The number of hydrogen-bond donors (Lipinski definition) is 1. The first-order chi connectivity index (χ1) is 13.0. The number of carbonyl (C=O) groups is 1. The summed E-state index contributed by atoms with van der Waals surface area (Å²) in [6, 6.07) is 12.2. The minimum Gasteiger partial charge on any atom is -0.341 e. The first-order valence-corrected chi connectivity index (χ1v) is 8.59. The van der Waals surface area contributed by atoms with Crippen LogP contribution in [0, 0.1) is 11.3 Å². The van der Waals surface area contributed by atoms with E-state index >= 15 is 0 Å². The Morgan fingerprint density at radius 3 is 2.37 bits per heavy atom. The number of rotatable bonds is 5. The predicted molar refractivity (Wildman–Crippen MR) is 98.7 cm³/mol. The molecule has 7 heteroatoms. The molecule has 3 rings (SSSR count). The number of benzene rings is 1. The molecule has 1 amide bonds. The van der Waals surface area contributed by atoms with E-state index in [4.69, 9.17) is 9.78 Å². The number of pyridine rings is 1. The summed E-state index contributed by atoms with van der Waals surface area (Å²) in [6.45, 7) is 5.75. The van der Waals surface area contributed by atoms with Crippen LogP contribution in [-0.2, 0) is 0 Å². The van der Waals surface area contributed by atoms with E-state index in [1.807, 2.05) is 38.1 Å². The molecule has 0 radical (unpaired) electrons. The SMILES string of the molecule is CC(C)c1noc([C@H](C)NC(=O)c2ccc(-c3ccc(C#N)nc3)cc2)n1. The second-order valence-electron chi connectivity index (χ2n) is 6.46. The van der Waals surface area contributed by atoms with Gasteiger partial charge in [-0.1, -0.05) is 31.1 Å². The average molecular weight is 361 g/mol. The Labute approximate surface area is 157 Å². The van der Waals surface area contributed by atoms with E-state index in [2.05, 4.69) is 20.4 Å². The molecule has 1 aromatic carbocycles. The third-order valence-corrected chi connectivity index (χ3v) is 4.05. The summed E-state index contributed by atoms with van der Waals surface area (Å²) in [4.78, 5) is 20.8. The molecule has 136 valence electrons. The van der Waals surface area contributed by atoms with Gasteiger partial charge in [0.05, 0.1) is 0 Å². The van der Waals surface area contributed by atoms with Gasteiger partial charge >= 0.3 is 0 Å². The minimum atomic E-state index is -0.389. The molecule has 0 saturated carbocycles. The van der Waals surface area contributed by atoms with Crippen LogP contribution in [0.25, 0.3) is 11.1 Å². The zero-order valence-electron chi connectivity index (χ0n) is 15.3. The fourth-order valence-electron chi connectivity index (χ4n) is 2.44. The molecule has 2 aromatic heterocycles. The van der Waals surface area contributed by atoms with E-state index < -0.39 is 0 Å². The van der Waals surface area contributed by atoms with E-state index in [1.165, 1.54) is 0 Å². The number of nitrogens with zero attached hydrogens (tertiary/aromatic N) is 4. The molecule has 0 aliphatic heterocycles. The van der Waals surface area contributed by atoms with Crippen molar-refractivity contribution in [3.05, 3.63) is 65.6 Å². The molecular formula is C20H19N5O2. The summed E-state index contributed by atoms with van der Waals surface area (Å²) in [5, 5.41) is 15.6. The van der Waals surface area contributed by atoms with E-state index in [0.717, 1.165) is 11.1 Å². The van der Waals surface area contributed by atoms with Crippen molar-refractivity contribution in [1.82, 2.24) is 20.4 Å². The summed E-state index contributed by atoms with van der Waals surface area (Å²) in [6.07, 6.45) is 1.64. The number of nitriles is 1. The monoisotopic (exact) mass is 361 g/mol. The summed E-state index contributed by atoms with van der Waals surface area (Å²) in [5.41, 5.74) is 2.68. The van der Waals surface area contributed by atoms with Crippen molar-refractivity contribution in [3.8, 4) is 17.2 Å². The van der Waals surface area contributed by atoms with Crippen LogP contribution in [0.5, 0.6) is 0 Å². The van der Waals surface area contributed by atoms with Crippen LogP contribution in [-0.4, -0.2) is 21.0 Å². The van der Waals surface area contributed by atoms with Crippen LogP contribution < -0.4 is 5.32 Å². The number of aromatic nitrogens is 3. The maximum absolute atomic E-state index is 12.5. The average Bonchev–Trinajstić information content (AvgIpc) is 3.19. The van der Waals surface area contributed by atoms with Crippen molar-refractivity contribution in [3.63, 3.8) is 0 Å². The second kappa shape index (κ2) is 7.79. The summed E-state index contributed by atoms with van der Waals surface area (Å²) < 4.78 is 5.21. The van der Waals surface area contributed by atoms with Crippen molar-refractivity contribution < 1.29 is 9.32 Å². The number of amides is 1.